The molecule has 0 aliphatic carbocycles. The van der Waals surface area contributed by atoms with Crippen molar-refractivity contribution in [2.45, 2.75) is 51.8 Å². The summed E-state index contributed by atoms with van der Waals surface area (Å²) in [6.45, 7) is 10.0. The molecule has 0 bridgehead atoms. The first-order valence-electron chi connectivity index (χ1n) is 10.4. The minimum atomic E-state index is -0.555. The first-order valence-corrected chi connectivity index (χ1v) is 10.4. The van der Waals surface area contributed by atoms with Gasteiger partial charge in [0.15, 0.2) is 0 Å². The Balaban J connectivity index is 1.51. The van der Waals surface area contributed by atoms with E-state index < -0.39 is 11.6 Å². The topological polar surface area (TPSA) is 62.3 Å². The lowest BCUT2D eigenvalue weighted by Crippen LogP contribution is -2.54. The van der Waals surface area contributed by atoms with Crippen molar-refractivity contribution in [2.24, 2.45) is 0 Å². The molecule has 2 aliphatic heterocycles. The number of methoxy groups -OCH3 is 1. The quantitative estimate of drug-likeness (QED) is 0.774. The fourth-order valence-electron chi connectivity index (χ4n) is 3.89. The molecule has 160 valence electrons. The van der Waals surface area contributed by atoms with Gasteiger partial charge in [-0.15, -0.1) is 0 Å². The fraction of sp³-hybridized carbons (Fsp3) is 0.636. The van der Waals surface area contributed by atoms with Gasteiger partial charge in [-0.25, -0.2) is 4.79 Å². The second-order valence-electron chi connectivity index (χ2n) is 8.78. The molecule has 2 aliphatic rings. The molecule has 0 saturated carbocycles. The maximum atomic E-state index is 13.1. The van der Waals surface area contributed by atoms with Gasteiger partial charge in [0.05, 0.1) is 7.11 Å². The highest BCUT2D eigenvalue weighted by atomic mass is 16.6. The zero-order valence-electron chi connectivity index (χ0n) is 18.0. The number of carbonyl (C=O) groups is 2. The number of rotatable bonds is 4. The van der Waals surface area contributed by atoms with Gasteiger partial charge < -0.3 is 14.4 Å². The summed E-state index contributed by atoms with van der Waals surface area (Å²) in [4.78, 5) is 31.4. The van der Waals surface area contributed by atoms with Gasteiger partial charge in [0, 0.05) is 39.3 Å². The molecule has 29 heavy (non-hydrogen) atoms. The molecule has 0 N–H and O–H groups in total. The number of carbonyl (C=O) groups excluding carboxylic acids is 2. The molecule has 1 atom stereocenters. The van der Waals surface area contributed by atoms with Crippen LogP contribution in [0.1, 0.15) is 39.2 Å². The van der Waals surface area contributed by atoms with Crippen molar-refractivity contribution >= 4 is 12.0 Å². The third-order valence-corrected chi connectivity index (χ3v) is 5.42. The van der Waals surface area contributed by atoms with Crippen LogP contribution in [0, 0.1) is 0 Å². The molecular weight excluding hydrogens is 370 g/mol. The number of amides is 2. The molecule has 2 heterocycles. The summed E-state index contributed by atoms with van der Waals surface area (Å²) in [5.74, 6) is 0.910. The van der Waals surface area contributed by atoms with Crippen molar-refractivity contribution in [1.29, 1.82) is 0 Å². The van der Waals surface area contributed by atoms with Gasteiger partial charge in [0.2, 0.25) is 5.91 Å². The van der Waals surface area contributed by atoms with Crippen LogP contribution in [-0.2, 0) is 16.1 Å². The van der Waals surface area contributed by atoms with E-state index in [1.165, 1.54) is 5.56 Å². The van der Waals surface area contributed by atoms with Crippen molar-refractivity contribution in [3.63, 3.8) is 0 Å². The van der Waals surface area contributed by atoms with Gasteiger partial charge in [0.25, 0.3) is 0 Å². The van der Waals surface area contributed by atoms with Crippen LogP contribution in [0.4, 0.5) is 4.79 Å². The molecule has 7 nitrogen and oxygen atoms in total. The summed E-state index contributed by atoms with van der Waals surface area (Å²) < 4.78 is 10.7. The molecule has 1 unspecified atom stereocenters. The highest BCUT2D eigenvalue weighted by Gasteiger charge is 2.39. The molecule has 2 saturated heterocycles. The molecule has 7 heteroatoms. The summed E-state index contributed by atoms with van der Waals surface area (Å²) in [5.41, 5.74) is 0.679. The maximum Gasteiger partial charge on any atom is 0.410 e. The average Bonchev–Trinajstić information content (AvgIpc) is 3.17. The molecule has 0 radical (unpaired) electrons. The Morgan fingerprint density at radius 1 is 1.03 bits per heavy atom. The summed E-state index contributed by atoms with van der Waals surface area (Å²) in [6, 6.07) is 7.71. The Bertz CT molecular complexity index is 706. The van der Waals surface area contributed by atoms with E-state index in [0.29, 0.717) is 26.1 Å². The second kappa shape index (κ2) is 9.03. The van der Waals surface area contributed by atoms with Crippen LogP contribution in [0.25, 0.3) is 0 Å². The normalized spacial score (nSPS) is 20.6. The first-order chi connectivity index (χ1) is 13.8. The fourth-order valence-corrected chi connectivity index (χ4v) is 3.89. The molecule has 3 rings (SSSR count). The third kappa shape index (κ3) is 5.63. The van der Waals surface area contributed by atoms with Crippen LogP contribution >= 0.6 is 0 Å². The van der Waals surface area contributed by atoms with E-state index in [9.17, 15) is 9.59 Å². The minimum Gasteiger partial charge on any atom is -0.497 e. The van der Waals surface area contributed by atoms with Crippen LogP contribution < -0.4 is 4.74 Å². The van der Waals surface area contributed by atoms with Crippen LogP contribution in [0.15, 0.2) is 24.3 Å². The van der Waals surface area contributed by atoms with E-state index in [2.05, 4.69) is 17.0 Å². The van der Waals surface area contributed by atoms with Gasteiger partial charge in [0.1, 0.15) is 17.4 Å². The first kappa shape index (κ1) is 21.4. The van der Waals surface area contributed by atoms with Gasteiger partial charge >= 0.3 is 6.09 Å². The number of piperazine rings is 1. The zero-order valence-corrected chi connectivity index (χ0v) is 18.0. The Morgan fingerprint density at radius 2 is 1.69 bits per heavy atom. The van der Waals surface area contributed by atoms with E-state index >= 15 is 0 Å². The Hall–Kier alpha value is -2.28. The molecular formula is C22H33N3O4. The van der Waals surface area contributed by atoms with E-state index in [0.717, 1.165) is 31.8 Å². The number of likely N-dealkylation sites (tertiary alicyclic amines) is 1. The van der Waals surface area contributed by atoms with Crippen molar-refractivity contribution in [2.75, 3.05) is 39.8 Å². The maximum absolute atomic E-state index is 13.1. The smallest absolute Gasteiger partial charge is 0.410 e. The van der Waals surface area contributed by atoms with Gasteiger partial charge in [-0.2, -0.15) is 0 Å². The second-order valence-corrected chi connectivity index (χ2v) is 8.78. The Morgan fingerprint density at radius 3 is 2.28 bits per heavy atom. The van der Waals surface area contributed by atoms with Crippen molar-refractivity contribution in [1.82, 2.24) is 14.7 Å². The minimum absolute atomic E-state index is 0.0532. The number of hydrogen-bond acceptors (Lipinski definition) is 5. The van der Waals surface area contributed by atoms with E-state index in [-0.39, 0.29) is 12.0 Å². The van der Waals surface area contributed by atoms with Crippen molar-refractivity contribution in [3.8, 4) is 5.75 Å². The van der Waals surface area contributed by atoms with Crippen molar-refractivity contribution in [3.05, 3.63) is 29.8 Å². The molecule has 2 fully saturated rings. The lowest BCUT2D eigenvalue weighted by molar-refractivity contribution is -0.137. The van der Waals surface area contributed by atoms with E-state index in [4.69, 9.17) is 9.47 Å². The van der Waals surface area contributed by atoms with Crippen molar-refractivity contribution < 1.29 is 19.1 Å². The summed E-state index contributed by atoms with van der Waals surface area (Å²) in [7, 11) is 1.67. The zero-order chi connectivity index (χ0) is 21.0. The average molecular weight is 404 g/mol. The summed E-state index contributed by atoms with van der Waals surface area (Å²) >= 11 is 0. The van der Waals surface area contributed by atoms with E-state index in [1.807, 2.05) is 37.8 Å². The highest BCUT2D eigenvalue weighted by molar-refractivity contribution is 5.86. The Kier molecular flexibility index (Phi) is 6.67. The van der Waals surface area contributed by atoms with Crippen LogP contribution in [0.5, 0.6) is 5.75 Å². The van der Waals surface area contributed by atoms with Crippen LogP contribution in [0.3, 0.4) is 0 Å². The summed E-state index contributed by atoms with van der Waals surface area (Å²) in [6.07, 6.45) is 1.17. The molecule has 2 amide bonds. The molecule has 1 aromatic rings. The summed E-state index contributed by atoms with van der Waals surface area (Å²) in [5, 5.41) is 0. The molecule has 0 aromatic heterocycles. The van der Waals surface area contributed by atoms with E-state index in [1.54, 1.807) is 12.0 Å². The monoisotopic (exact) mass is 403 g/mol. The number of ether oxygens (including phenoxy) is 2. The number of nitrogens with zero attached hydrogens (tertiary/aromatic N) is 3. The standard InChI is InChI=1S/C22H33N3O4/c1-22(2,3)29-21(27)25-11-5-6-19(25)20(26)24-14-12-23(13-15-24)16-17-7-9-18(28-4)10-8-17/h7-10,19H,5-6,11-16H2,1-4H3. The SMILES string of the molecule is COc1ccc(CN2CCN(C(=O)C3CCCN3C(=O)OC(C)(C)C)CC2)cc1. The third-order valence-electron chi connectivity index (χ3n) is 5.42. The van der Waals surface area contributed by atoms with Crippen LogP contribution in [-0.4, -0.2) is 78.2 Å². The lowest BCUT2D eigenvalue weighted by Gasteiger charge is -2.37. The predicted octanol–water partition coefficient (Wildman–Crippen LogP) is 2.74. The number of benzene rings is 1. The van der Waals surface area contributed by atoms with Crippen LogP contribution in [0.2, 0.25) is 0 Å². The number of hydrogen-bond donors (Lipinski definition) is 0. The predicted molar refractivity (Wildman–Crippen MR) is 111 cm³/mol. The Labute approximate surface area is 173 Å². The van der Waals surface area contributed by atoms with Gasteiger partial charge in [-0.3, -0.25) is 14.6 Å². The molecule has 1 aromatic carbocycles. The highest BCUT2D eigenvalue weighted by Crippen LogP contribution is 2.23. The molecule has 0 spiro atoms. The largest absolute Gasteiger partial charge is 0.497 e. The lowest BCUT2D eigenvalue weighted by atomic mass is 10.1. The van der Waals surface area contributed by atoms with Gasteiger partial charge in [-0.1, -0.05) is 12.1 Å². The van der Waals surface area contributed by atoms with Gasteiger partial charge in [-0.05, 0) is 51.3 Å².